The summed E-state index contributed by atoms with van der Waals surface area (Å²) < 4.78 is 0. The number of carbonyl (C=O) groups is 1. The van der Waals surface area contributed by atoms with E-state index in [9.17, 15) is 9.90 Å². The molecule has 0 heterocycles. The second kappa shape index (κ2) is 7.24. The highest BCUT2D eigenvalue weighted by Crippen LogP contribution is 2.14. The Balaban J connectivity index is 2.38. The van der Waals surface area contributed by atoms with Crippen LogP contribution in [0.3, 0.4) is 0 Å². The molecule has 0 fully saturated rings. The number of rotatable bonds is 5. The fraction of sp³-hybridized carbons (Fsp3) is 0.462. The van der Waals surface area contributed by atoms with Gasteiger partial charge in [0, 0.05) is 17.3 Å². The first-order valence-electron chi connectivity index (χ1n) is 6.01. The van der Waals surface area contributed by atoms with Gasteiger partial charge in [-0.05, 0) is 24.1 Å². The summed E-state index contributed by atoms with van der Waals surface area (Å²) in [5, 5.41) is 15.5. The number of urea groups is 1. The van der Waals surface area contributed by atoms with Gasteiger partial charge in [0.15, 0.2) is 0 Å². The Bertz CT molecular complexity index is 398. The summed E-state index contributed by atoms with van der Waals surface area (Å²) in [7, 11) is 0. The quantitative estimate of drug-likeness (QED) is 0.770. The highest BCUT2D eigenvalue weighted by molar-refractivity contribution is 6.30. The molecule has 1 rings (SSSR count). The fourth-order valence-corrected chi connectivity index (χ4v) is 1.60. The van der Waals surface area contributed by atoms with Gasteiger partial charge in [0.05, 0.1) is 6.10 Å². The molecule has 4 nitrogen and oxygen atoms in total. The smallest absolute Gasteiger partial charge is 0.319 e. The Morgan fingerprint density at radius 3 is 2.83 bits per heavy atom. The molecule has 1 aromatic carbocycles. The number of anilines is 1. The van der Waals surface area contributed by atoms with Gasteiger partial charge in [-0.15, -0.1) is 0 Å². The van der Waals surface area contributed by atoms with Crippen LogP contribution in [-0.4, -0.2) is 23.8 Å². The van der Waals surface area contributed by atoms with Gasteiger partial charge >= 0.3 is 6.03 Å². The van der Waals surface area contributed by atoms with Gasteiger partial charge in [-0.2, -0.15) is 0 Å². The van der Waals surface area contributed by atoms with E-state index in [1.54, 1.807) is 24.3 Å². The number of hydrogen-bond acceptors (Lipinski definition) is 2. The van der Waals surface area contributed by atoms with Gasteiger partial charge < -0.3 is 15.7 Å². The topological polar surface area (TPSA) is 61.4 Å². The van der Waals surface area contributed by atoms with Gasteiger partial charge in [0.1, 0.15) is 0 Å². The van der Waals surface area contributed by atoms with Crippen molar-refractivity contribution in [3.05, 3.63) is 29.3 Å². The normalized spacial score (nSPS) is 13.8. The van der Waals surface area contributed by atoms with E-state index in [4.69, 9.17) is 11.6 Å². The van der Waals surface area contributed by atoms with Crippen LogP contribution in [0.2, 0.25) is 5.02 Å². The van der Waals surface area contributed by atoms with Crippen LogP contribution in [0.15, 0.2) is 24.3 Å². The van der Waals surface area contributed by atoms with E-state index >= 15 is 0 Å². The van der Waals surface area contributed by atoms with Crippen molar-refractivity contribution in [3.8, 4) is 0 Å². The molecule has 2 amide bonds. The molecule has 0 saturated carbocycles. The minimum absolute atomic E-state index is 0.163. The van der Waals surface area contributed by atoms with E-state index < -0.39 is 6.10 Å². The van der Waals surface area contributed by atoms with E-state index in [2.05, 4.69) is 10.6 Å². The monoisotopic (exact) mass is 270 g/mol. The SMILES string of the molecule is CCC(C)C(O)CNC(=O)Nc1cccc(Cl)c1. The molecule has 5 heteroatoms. The number of aliphatic hydroxyl groups is 1. The first kappa shape index (κ1) is 14.8. The standard InChI is InChI=1S/C13H19ClN2O2/c1-3-9(2)12(17)8-15-13(18)16-11-6-4-5-10(14)7-11/h4-7,9,12,17H,3,8H2,1-2H3,(H2,15,16,18). The van der Waals surface area contributed by atoms with Crippen molar-refractivity contribution in [2.75, 3.05) is 11.9 Å². The Morgan fingerprint density at radius 2 is 2.22 bits per heavy atom. The molecule has 0 aliphatic rings. The molecule has 18 heavy (non-hydrogen) atoms. The summed E-state index contributed by atoms with van der Waals surface area (Å²) in [5.74, 6) is 0.163. The molecule has 0 bridgehead atoms. The molecule has 0 spiro atoms. The van der Waals surface area contributed by atoms with Crippen molar-refractivity contribution in [1.82, 2.24) is 5.32 Å². The second-order valence-corrected chi connectivity index (χ2v) is 4.73. The zero-order valence-electron chi connectivity index (χ0n) is 10.6. The third kappa shape index (κ3) is 4.94. The summed E-state index contributed by atoms with van der Waals surface area (Å²) in [6.07, 6.45) is 0.346. The Hall–Kier alpha value is -1.26. The first-order chi connectivity index (χ1) is 8.52. The lowest BCUT2D eigenvalue weighted by Crippen LogP contribution is -2.37. The molecule has 0 aliphatic carbocycles. The molecule has 1 aromatic rings. The van der Waals surface area contributed by atoms with Gasteiger partial charge in [0.2, 0.25) is 0 Å². The van der Waals surface area contributed by atoms with Crippen LogP contribution < -0.4 is 10.6 Å². The zero-order chi connectivity index (χ0) is 13.5. The number of hydrogen-bond donors (Lipinski definition) is 3. The van der Waals surface area contributed by atoms with Crippen molar-refractivity contribution in [2.45, 2.75) is 26.4 Å². The highest BCUT2D eigenvalue weighted by Gasteiger charge is 2.13. The summed E-state index contributed by atoms with van der Waals surface area (Å²) >= 11 is 5.80. The maximum atomic E-state index is 11.6. The highest BCUT2D eigenvalue weighted by atomic mass is 35.5. The van der Waals surface area contributed by atoms with Crippen LogP contribution in [-0.2, 0) is 0 Å². The summed E-state index contributed by atoms with van der Waals surface area (Å²) in [6, 6.07) is 6.55. The number of amides is 2. The van der Waals surface area contributed by atoms with E-state index in [-0.39, 0.29) is 18.5 Å². The number of halogens is 1. The van der Waals surface area contributed by atoms with Crippen LogP contribution >= 0.6 is 11.6 Å². The minimum atomic E-state index is -0.528. The van der Waals surface area contributed by atoms with E-state index in [0.29, 0.717) is 10.7 Å². The number of carbonyl (C=O) groups excluding carboxylic acids is 1. The average molecular weight is 271 g/mol. The Kier molecular flexibility index (Phi) is 5.95. The maximum absolute atomic E-state index is 11.6. The van der Waals surface area contributed by atoms with Gasteiger partial charge in [0.25, 0.3) is 0 Å². The molecule has 0 saturated heterocycles. The predicted octanol–water partition coefficient (Wildman–Crippen LogP) is 2.87. The molecule has 100 valence electrons. The van der Waals surface area contributed by atoms with Crippen LogP contribution in [0, 0.1) is 5.92 Å². The molecular weight excluding hydrogens is 252 g/mol. The van der Waals surface area contributed by atoms with Crippen LogP contribution in [0.5, 0.6) is 0 Å². The molecule has 0 radical (unpaired) electrons. The van der Waals surface area contributed by atoms with E-state index in [0.717, 1.165) is 6.42 Å². The van der Waals surface area contributed by atoms with Crippen LogP contribution in [0.4, 0.5) is 10.5 Å². The minimum Gasteiger partial charge on any atom is -0.391 e. The fourth-order valence-electron chi connectivity index (χ4n) is 1.41. The van der Waals surface area contributed by atoms with Crippen LogP contribution in [0.1, 0.15) is 20.3 Å². The molecule has 0 aromatic heterocycles. The summed E-state index contributed by atoms with van der Waals surface area (Å²) in [5.41, 5.74) is 0.623. The van der Waals surface area contributed by atoms with Crippen LogP contribution in [0.25, 0.3) is 0 Å². The molecular formula is C13H19ClN2O2. The molecule has 2 unspecified atom stereocenters. The Morgan fingerprint density at radius 1 is 1.50 bits per heavy atom. The van der Waals surface area contributed by atoms with Gasteiger partial charge in [-0.3, -0.25) is 0 Å². The van der Waals surface area contributed by atoms with Gasteiger partial charge in [-0.1, -0.05) is 37.9 Å². The molecule has 2 atom stereocenters. The van der Waals surface area contributed by atoms with Crippen molar-refractivity contribution >= 4 is 23.3 Å². The number of nitrogens with one attached hydrogen (secondary N) is 2. The lowest BCUT2D eigenvalue weighted by atomic mass is 10.0. The lowest BCUT2D eigenvalue weighted by molar-refractivity contribution is 0.115. The predicted molar refractivity (Wildman–Crippen MR) is 73.9 cm³/mol. The van der Waals surface area contributed by atoms with E-state index in [1.165, 1.54) is 0 Å². The molecule has 0 aliphatic heterocycles. The molecule has 3 N–H and O–H groups in total. The first-order valence-corrected chi connectivity index (χ1v) is 6.39. The van der Waals surface area contributed by atoms with E-state index in [1.807, 2.05) is 13.8 Å². The third-order valence-corrected chi connectivity index (χ3v) is 3.09. The average Bonchev–Trinajstić information content (AvgIpc) is 2.35. The van der Waals surface area contributed by atoms with Crippen molar-refractivity contribution in [3.63, 3.8) is 0 Å². The zero-order valence-corrected chi connectivity index (χ0v) is 11.4. The Labute approximate surface area is 112 Å². The van der Waals surface area contributed by atoms with Crippen molar-refractivity contribution in [2.24, 2.45) is 5.92 Å². The van der Waals surface area contributed by atoms with Gasteiger partial charge in [-0.25, -0.2) is 4.79 Å². The maximum Gasteiger partial charge on any atom is 0.319 e. The number of aliphatic hydroxyl groups excluding tert-OH is 1. The van der Waals surface area contributed by atoms with Crippen molar-refractivity contribution < 1.29 is 9.90 Å². The third-order valence-electron chi connectivity index (χ3n) is 2.86. The summed E-state index contributed by atoms with van der Waals surface area (Å²) in [4.78, 5) is 11.6. The number of benzene rings is 1. The second-order valence-electron chi connectivity index (χ2n) is 4.30. The summed E-state index contributed by atoms with van der Waals surface area (Å²) in [6.45, 7) is 4.18. The lowest BCUT2D eigenvalue weighted by Gasteiger charge is -2.17. The largest absolute Gasteiger partial charge is 0.391 e. The van der Waals surface area contributed by atoms with Crippen molar-refractivity contribution in [1.29, 1.82) is 0 Å².